The van der Waals surface area contributed by atoms with Crippen LogP contribution in [-0.2, 0) is 9.59 Å². The van der Waals surface area contributed by atoms with Gasteiger partial charge >= 0.3 is 24.4 Å². The smallest absolute Gasteiger partial charge is 0.460 e. The van der Waals surface area contributed by atoms with Gasteiger partial charge in [-0.1, -0.05) is 6.08 Å². The summed E-state index contributed by atoms with van der Waals surface area (Å²) in [6.45, 7) is -0.288. The number of hydrogen-bond acceptors (Lipinski definition) is 9. The minimum absolute atomic E-state index is 0.0146. The van der Waals surface area contributed by atoms with Crippen LogP contribution in [0.5, 0.6) is 5.88 Å². The highest BCUT2D eigenvalue weighted by Crippen LogP contribution is 2.32. The molecule has 0 amide bonds. The Bertz CT molecular complexity index is 844. The van der Waals surface area contributed by atoms with Crippen molar-refractivity contribution in [3.8, 4) is 5.88 Å². The van der Waals surface area contributed by atoms with Crippen LogP contribution in [0, 0.1) is 0 Å². The van der Waals surface area contributed by atoms with Gasteiger partial charge in [0.05, 0.1) is 18.3 Å². The second kappa shape index (κ2) is 13.6. The highest BCUT2D eigenvalue weighted by atomic mass is 32.1. The summed E-state index contributed by atoms with van der Waals surface area (Å²) in [5.41, 5.74) is 0.665. The number of ether oxygens (including phenoxy) is 1. The first kappa shape index (κ1) is 30.5. The summed E-state index contributed by atoms with van der Waals surface area (Å²) < 4.78 is 87.8. The molecule has 0 fully saturated rings. The van der Waals surface area contributed by atoms with Gasteiger partial charge in [0, 0.05) is 19.5 Å². The van der Waals surface area contributed by atoms with Gasteiger partial charge in [-0.3, -0.25) is 0 Å². The topological polar surface area (TPSA) is 153 Å². The first-order valence-electron chi connectivity index (χ1n) is 9.98. The van der Waals surface area contributed by atoms with E-state index in [2.05, 4.69) is 8.75 Å². The Labute approximate surface area is 198 Å². The number of aromatic nitrogens is 2. The Balaban J connectivity index is 0.000000518. The molecule has 4 N–H and O–H groups in total. The van der Waals surface area contributed by atoms with Crippen LogP contribution < -0.4 is 4.74 Å². The van der Waals surface area contributed by atoms with Crippen molar-refractivity contribution in [1.29, 1.82) is 0 Å². The van der Waals surface area contributed by atoms with Crippen molar-refractivity contribution in [2.24, 2.45) is 0 Å². The van der Waals surface area contributed by atoms with Gasteiger partial charge in [-0.25, -0.2) is 14.5 Å². The Hall–Kier alpha value is -2.50. The molecule has 0 saturated heterocycles. The van der Waals surface area contributed by atoms with E-state index in [0.717, 1.165) is 11.7 Å². The lowest BCUT2D eigenvalue weighted by Crippen LogP contribution is -2.41. The molecule has 0 bridgehead atoms. The number of hydrogen-bond donors (Lipinski definition) is 4. The number of rotatable bonds is 10. The number of aliphatic carboxylic acids is 2. The Morgan fingerprint density at radius 2 is 1.63 bits per heavy atom. The second-order valence-electron chi connectivity index (χ2n) is 7.17. The lowest BCUT2D eigenvalue weighted by molar-refractivity contribution is -0.241. The van der Waals surface area contributed by atoms with Gasteiger partial charge in [-0.05, 0) is 31.3 Å². The SMILES string of the molecule is FC(F)(F)CCCCCOc1nsnc1C1=CCCN(C(F)(F)F)C1.O=C(O)[C@H](O)[C@@H](O)C(=O)O. The zero-order valence-corrected chi connectivity index (χ0v) is 18.7. The van der Waals surface area contributed by atoms with Crippen LogP contribution in [0.3, 0.4) is 0 Å². The van der Waals surface area contributed by atoms with E-state index in [4.69, 9.17) is 25.2 Å². The van der Waals surface area contributed by atoms with Crippen LogP contribution in [0.25, 0.3) is 5.57 Å². The highest BCUT2D eigenvalue weighted by molar-refractivity contribution is 6.99. The normalized spacial score (nSPS) is 16.5. The van der Waals surface area contributed by atoms with E-state index in [-0.39, 0.29) is 44.1 Å². The van der Waals surface area contributed by atoms with Crippen molar-refractivity contribution in [1.82, 2.24) is 13.6 Å². The largest absolute Gasteiger partial charge is 0.479 e. The summed E-state index contributed by atoms with van der Waals surface area (Å²) >= 11 is 0.826. The molecule has 0 radical (unpaired) electrons. The van der Waals surface area contributed by atoms with Crippen LogP contribution in [-0.4, -0.2) is 90.4 Å². The molecule has 2 atom stereocenters. The summed E-state index contributed by atoms with van der Waals surface area (Å²) in [5.74, 6) is -3.40. The van der Waals surface area contributed by atoms with Crippen molar-refractivity contribution in [2.45, 2.75) is 56.8 Å². The third-order valence-electron chi connectivity index (χ3n) is 4.42. The van der Waals surface area contributed by atoms with E-state index in [1.807, 2.05) is 0 Å². The van der Waals surface area contributed by atoms with Gasteiger partial charge in [0.2, 0.25) is 0 Å². The quantitative estimate of drug-likeness (QED) is 0.198. The molecule has 1 aromatic rings. The van der Waals surface area contributed by atoms with Crippen LogP contribution in [0.2, 0.25) is 0 Å². The summed E-state index contributed by atoms with van der Waals surface area (Å²) in [7, 11) is 0. The number of alkyl halides is 6. The van der Waals surface area contributed by atoms with Crippen LogP contribution in [0.4, 0.5) is 26.3 Å². The predicted molar refractivity (Wildman–Crippen MR) is 107 cm³/mol. The van der Waals surface area contributed by atoms with Gasteiger partial charge in [-0.2, -0.15) is 30.7 Å². The van der Waals surface area contributed by atoms with Gasteiger partial charge in [-0.15, -0.1) is 4.37 Å². The number of unbranched alkanes of at least 4 members (excludes halogenated alkanes) is 2. The minimum atomic E-state index is -4.41. The molecule has 2 heterocycles. The summed E-state index contributed by atoms with van der Waals surface area (Å²) in [4.78, 5) is 19.9. The monoisotopic (exact) mass is 539 g/mol. The van der Waals surface area contributed by atoms with Crippen LogP contribution in [0.15, 0.2) is 6.08 Å². The molecule has 0 spiro atoms. The maximum Gasteiger partial charge on any atom is 0.460 e. The van der Waals surface area contributed by atoms with Crippen molar-refractivity contribution in [3.63, 3.8) is 0 Å². The molecular formula is C18H23F6N3O7S. The van der Waals surface area contributed by atoms with Gasteiger partial charge in [0.15, 0.2) is 12.2 Å². The average molecular weight is 539 g/mol. The molecule has 17 heteroatoms. The highest BCUT2D eigenvalue weighted by Gasteiger charge is 2.39. The minimum Gasteiger partial charge on any atom is -0.479 e. The Morgan fingerprint density at radius 1 is 1.03 bits per heavy atom. The maximum absolute atomic E-state index is 12.8. The van der Waals surface area contributed by atoms with Crippen LogP contribution in [0.1, 0.15) is 37.8 Å². The zero-order valence-electron chi connectivity index (χ0n) is 17.9. The van der Waals surface area contributed by atoms with Gasteiger partial charge in [0.1, 0.15) is 5.69 Å². The summed E-state index contributed by atoms with van der Waals surface area (Å²) in [5, 5.41) is 32.5. The fourth-order valence-corrected chi connectivity index (χ4v) is 3.18. The van der Waals surface area contributed by atoms with Crippen molar-refractivity contribution < 1.29 is 61.1 Å². The zero-order chi connectivity index (χ0) is 26.8. The Kier molecular flexibility index (Phi) is 11.8. The van der Waals surface area contributed by atoms with E-state index in [1.54, 1.807) is 6.08 Å². The lowest BCUT2D eigenvalue weighted by atomic mass is 10.1. The Morgan fingerprint density at radius 3 is 2.14 bits per heavy atom. The molecule has 1 aromatic heterocycles. The molecule has 200 valence electrons. The number of carbonyl (C=O) groups is 2. The average Bonchev–Trinajstić information content (AvgIpc) is 3.22. The number of aliphatic hydroxyl groups is 2. The number of carboxylic acids is 2. The van der Waals surface area contributed by atoms with Crippen molar-refractivity contribution in [3.05, 3.63) is 11.8 Å². The van der Waals surface area contributed by atoms with Crippen LogP contribution >= 0.6 is 11.7 Å². The third-order valence-corrected chi connectivity index (χ3v) is 4.93. The number of carboxylic acid groups (broad SMARTS) is 2. The van der Waals surface area contributed by atoms with E-state index in [1.165, 1.54) is 0 Å². The van der Waals surface area contributed by atoms with E-state index >= 15 is 0 Å². The molecule has 1 aliphatic heterocycles. The molecule has 1 aliphatic rings. The van der Waals surface area contributed by atoms with E-state index < -0.39 is 43.0 Å². The molecular weight excluding hydrogens is 516 g/mol. The third kappa shape index (κ3) is 11.2. The first-order valence-corrected chi connectivity index (χ1v) is 10.7. The molecule has 0 aromatic carbocycles. The molecule has 0 saturated carbocycles. The molecule has 35 heavy (non-hydrogen) atoms. The molecule has 10 nitrogen and oxygen atoms in total. The second-order valence-corrected chi connectivity index (χ2v) is 7.69. The number of halogens is 6. The molecule has 0 aliphatic carbocycles. The molecule has 0 unspecified atom stereocenters. The summed E-state index contributed by atoms with van der Waals surface area (Å²) in [6, 6.07) is 0. The standard InChI is InChI=1S/C14H17F6N3OS.C4H6O6/c15-13(16,17)6-2-1-3-8-24-12-11(21-25-22-12)10-5-4-7-23(9-10)14(18,19)20;5-1(3(7)8)2(6)4(9)10/h5H,1-4,6-9H2;1-2,5-6H,(H,7,8)(H,9,10)/t;1-,2-/m.1/s1. The number of aliphatic hydroxyl groups excluding tert-OH is 2. The maximum atomic E-state index is 12.8. The van der Waals surface area contributed by atoms with Crippen molar-refractivity contribution in [2.75, 3.05) is 19.7 Å². The van der Waals surface area contributed by atoms with Crippen molar-refractivity contribution >= 4 is 29.2 Å². The number of nitrogens with zero attached hydrogens (tertiary/aromatic N) is 3. The van der Waals surface area contributed by atoms with Gasteiger partial charge in [0.25, 0.3) is 5.88 Å². The summed E-state index contributed by atoms with van der Waals surface area (Å²) in [6.07, 6.45) is -11.3. The van der Waals surface area contributed by atoms with E-state index in [9.17, 15) is 35.9 Å². The fourth-order valence-electron chi connectivity index (χ4n) is 2.65. The fraction of sp³-hybridized carbons (Fsp3) is 0.667. The predicted octanol–water partition coefficient (Wildman–Crippen LogP) is 2.53. The molecule has 2 rings (SSSR count). The van der Waals surface area contributed by atoms with Gasteiger partial charge < -0.3 is 25.2 Å². The lowest BCUT2D eigenvalue weighted by Gasteiger charge is -2.28. The first-order chi connectivity index (χ1) is 16.1. The van der Waals surface area contributed by atoms with E-state index in [0.29, 0.717) is 23.3 Å².